The predicted octanol–water partition coefficient (Wildman–Crippen LogP) is 4.31. The molecular formula is C17H25N. The molecule has 1 heteroatoms. The molecule has 0 spiro atoms. The molecule has 0 saturated heterocycles. The van der Waals surface area contributed by atoms with Gasteiger partial charge in [-0.1, -0.05) is 49.6 Å². The highest BCUT2D eigenvalue weighted by atomic mass is 15.0. The van der Waals surface area contributed by atoms with Crippen LogP contribution in [0.4, 0.5) is 0 Å². The van der Waals surface area contributed by atoms with Gasteiger partial charge in [-0.3, -0.25) is 0 Å². The summed E-state index contributed by atoms with van der Waals surface area (Å²) >= 11 is 0. The van der Waals surface area contributed by atoms with E-state index in [-0.39, 0.29) is 0 Å². The van der Waals surface area contributed by atoms with Gasteiger partial charge in [0.1, 0.15) is 0 Å². The summed E-state index contributed by atoms with van der Waals surface area (Å²) in [5.41, 5.74) is 1.49. The molecule has 2 saturated carbocycles. The molecule has 2 aliphatic rings. The van der Waals surface area contributed by atoms with E-state index < -0.39 is 0 Å². The highest BCUT2D eigenvalue weighted by Gasteiger charge is 2.33. The summed E-state index contributed by atoms with van der Waals surface area (Å²) in [5.74, 6) is 1.89. The average molecular weight is 243 g/mol. The van der Waals surface area contributed by atoms with Crippen LogP contribution in [0.25, 0.3) is 0 Å². The van der Waals surface area contributed by atoms with Gasteiger partial charge in [-0.2, -0.15) is 0 Å². The van der Waals surface area contributed by atoms with E-state index in [4.69, 9.17) is 0 Å². The van der Waals surface area contributed by atoms with Gasteiger partial charge in [0.25, 0.3) is 0 Å². The average Bonchev–Trinajstić information content (AvgIpc) is 3.16. The van der Waals surface area contributed by atoms with Crippen LogP contribution in [0.3, 0.4) is 0 Å². The van der Waals surface area contributed by atoms with E-state index in [0.717, 1.165) is 11.8 Å². The quantitative estimate of drug-likeness (QED) is 0.785. The maximum atomic E-state index is 3.89. The van der Waals surface area contributed by atoms with Crippen molar-refractivity contribution in [3.8, 4) is 0 Å². The molecule has 1 aromatic carbocycles. The van der Waals surface area contributed by atoms with Crippen molar-refractivity contribution in [1.29, 1.82) is 0 Å². The fourth-order valence-electron chi connectivity index (χ4n) is 3.20. The van der Waals surface area contributed by atoms with Gasteiger partial charge in [0, 0.05) is 12.1 Å². The van der Waals surface area contributed by atoms with Gasteiger partial charge in [0.05, 0.1) is 0 Å². The maximum Gasteiger partial charge on any atom is 0.0350 e. The third kappa shape index (κ3) is 2.95. The van der Waals surface area contributed by atoms with Crippen LogP contribution < -0.4 is 5.32 Å². The van der Waals surface area contributed by atoms with E-state index >= 15 is 0 Å². The molecule has 1 N–H and O–H groups in total. The highest BCUT2D eigenvalue weighted by Crippen LogP contribution is 2.41. The van der Waals surface area contributed by atoms with Crippen LogP contribution in [0.15, 0.2) is 30.3 Å². The summed E-state index contributed by atoms with van der Waals surface area (Å²) in [6.45, 7) is 2.37. The lowest BCUT2D eigenvalue weighted by Gasteiger charge is -2.31. The van der Waals surface area contributed by atoms with Crippen LogP contribution in [0, 0.1) is 11.8 Å². The summed E-state index contributed by atoms with van der Waals surface area (Å²) in [7, 11) is 0. The Hall–Kier alpha value is -0.820. The first-order valence-corrected chi connectivity index (χ1v) is 7.64. The van der Waals surface area contributed by atoms with Crippen LogP contribution in [-0.2, 0) is 0 Å². The first-order chi connectivity index (χ1) is 8.83. The number of hydrogen-bond acceptors (Lipinski definition) is 1. The molecule has 98 valence electrons. The predicted molar refractivity (Wildman–Crippen MR) is 76.5 cm³/mol. The van der Waals surface area contributed by atoms with E-state index in [9.17, 15) is 0 Å². The Labute approximate surface area is 111 Å². The van der Waals surface area contributed by atoms with E-state index in [1.807, 2.05) is 0 Å². The first-order valence-electron chi connectivity index (χ1n) is 7.64. The van der Waals surface area contributed by atoms with E-state index in [1.54, 1.807) is 0 Å². The van der Waals surface area contributed by atoms with Crippen LogP contribution >= 0.6 is 0 Å². The van der Waals surface area contributed by atoms with Crippen molar-refractivity contribution >= 4 is 0 Å². The molecule has 3 rings (SSSR count). The normalized spacial score (nSPS) is 23.4. The summed E-state index contributed by atoms with van der Waals surface area (Å²) in [4.78, 5) is 0. The third-order valence-electron chi connectivity index (χ3n) is 4.63. The van der Waals surface area contributed by atoms with Crippen molar-refractivity contribution in [1.82, 2.24) is 5.32 Å². The van der Waals surface area contributed by atoms with Gasteiger partial charge in [-0.15, -0.1) is 0 Å². The summed E-state index contributed by atoms with van der Waals surface area (Å²) in [6.07, 6.45) is 8.57. The topological polar surface area (TPSA) is 12.0 Å². The maximum absolute atomic E-state index is 3.89. The zero-order valence-electron chi connectivity index (χ0n) is 11.4. The number of nitrogens with one attached hydrogen (secondary N) is 1. The minimum atomic E-state index is 0.598. The van der Waals surface area contributed by atoms with Crippen molar-refractivity contribution in [2.24, 2.45) is 11.8 Å². The van der Waals surface area contributed by atoms with Crippen LogP contribution in [-0.4, -0.2) is 6.04 Å². The number of benzene rings is 1. The van der Waals surface area contributed by atoms with Crippen molar-refractivity contribution in [3.05, 3.63) is 35.9 Å². The van der Waals surface area contributed by atoms with Gasteiger partial charge in [0.15, 0.2) is 0 Å². The molecule has 1 nitrogen and oxygen atoms in total. The van der Waals surface area contributed by atoms with Gasteiger partial charge in [-0.25, -0.2) is 0 Å². The van der Waals surface area contributed by atoms with Gasteiger partial charge < -0.3 is 5.32 Å². The highest BCUT2D eigenvalue weighted by molar-refractivity contribution is 5.21. The molecule has 18 heavy (non-hydrogen) atoms. The van der Waals surface area contributed by atoms with Crippen LogP contribution in [0.2, 0.25) is 0 Å². The van der Waals surface area contributed by atoms with E-state index in [0.29, 0.717) is 12.1 Å². The van der Waals surface area contributed by atoms with Crippen molar-refractivity contribution in [2.45, 2.75) is 57.5 Å². The first kappa shape index (κ1) is 12.2. The molecule has 0 aliphatic heterocycles. The molecule has 0 radical (unpaired) electrons. The Morgan fingerprint density at radius 1 is 1.11 bits per heavy atom. The smallest absolute Gasteiger partial charge is 0.0350 e. The van der Waals surface area contributed by atoms with E-state index in [2.05, 4.69) is 42.6 Å². The zero-order chi connectivity index (χ0) is 12.4. The van der Waals surface area contributed by atoms with Crippen molar-refractivity contribution in [2.75, 3.05) is 0 Å². The molecule has 0 amide bonds. The van der Waals surface area contributed by atoms with Crippen LogP contribution in [0.5, 0.6) is 0 Å². The molecule has 0 bridgehead atoms. The van der Waals surface area contributed by atoms with E-state index in [1.165, 1.54) is 44.1 Å². The second-order valence-corrected chi connectivity index (χ2v) is 6.33. The van der Waals surface area contributed by atoms with Crippen molar-refractivity contribution in [3.63, 3.8) is 0 Å². The Morgan fingerprint density at radius 2 is 1.83 bits per heavy atom. The largest absolute Gasteiger partial charge is 0.307 e. The molecule has 0 aromatic heterocycles. The molecule has 2 aliphatic carbocycles. The SMILES string of the molecule is CC(CC1CCC1)NC(c1ccccc1)C1CC1. The number of hydrogen-bond donors (Lipinski definition) is 1. The fraction of sp³-hybridized carbons (Fsp3) is 0.647. The molecular weight excluding hydrogens is 218 g/mol. The third-order valence-corrected chi connectivity index (χ3v) is 4.63. The number of rotatable bonds is 6. The summed E-state index contributed by atoms with van der Waals surface area (Å²) in [6, 6.07) is 12.3. The second kappa shape index (κ2) is 5.44. The lowest BCUT2D eigenvalue weighted by Crippen LogP contribution is -2.34. The van der Waals surface area contributed by atoms with Gasteiger partial charge >= 0.3 is 0 Å². The molecule has 0 heterocycles. The zero-order valence-corrected chi connectivity index (χ0v) is 11.4. The standard InChI is InChI=1S/C17H25N/c1-13(12-14-6-5-7-14)18-17(16-10-11-16)15-8-3-2-4-9-15/h2-4,8-9,13-14,16-18H,5-7,10-12H2,1H3. The molecule has 2 fully saturated rings. The van der Waals surface area contributed by atoms with Gasteiger partial charge in [-0.05, 0) is 43.6 Å². The van der Waals surface area contributed by atoms with Crippen molar-refractivity contribution < 1.29 is 0 Å². The Bertz CT molecular complexity index is 364. The Morgan fingerprint density at radius 3 is 2.39 bits per heavy atom. The second-order valence-electron chi connectivity index (χ2n) is 6.33. The molecule has 2 atom stereocenters. The lowest BCUT2D eigenvalue weighted by atomic mass is 9.81. The summed E-state index contributed by atoms with van der Waals surface area (Å²) in [5, 5.41) is 3.89. The lowest BCUT2D eigenvalue weighted by molar-refractivity contribution is 0.254. The minimum absolute atomic E-state index is 0.598. The van der Waals surface area contributed by atoms with Crippen LogP contribution in [0.1, 0.15) is 57.1 Å². The minimum Gasteiger partial charge on any atom is -0.307 e. The Balaban J connectivity index is 1.59. The monoisotopic (exact) mass is 243 g/mol. The molecule has 1 aromatic rings. The fourth-order valence-corrected chi connectivity index (χ4v) is 3.20. The Kier molecular flexibility index (Phi) is 3.69. The molecule has 2 unspecified atom stereocenters. The van der Waals surface area contributed by atoms with Gasteiger partial charge in [0.2, 0.25) is 0 Å². The summed E-state index contributed by atoms with van der Waals surface area (Å²) < 4.78 is 0.